The van der Waals surface area contributed by atoms with Gasteiger partial charge in [-0.05, 0) is 42.2 Å². The highest BCUT2D eigenvalue weighted by Gasteiger charge is 2.40. The molecule has 4 rings (SSSR count). The number of rotatable bonds is 6. The first kappa shape index (κ1) is 20.2. The molecule has 0 fully saturated rings. The van der Waals surface area contributed by atoms with E-state index in [4.69, 9.17) is 0 Å². The molecular formula is C26H23NO2S. The SMILES string of the molecule is CCc1ccc(N2C(=O)C(SCc3ccccc3)=C(c3ccc(C)cc3)C2=O)cc1. The highest BCUT2D eigenvalue weighted by Crippen LogP contribution is 2.39. The first-order valence-electron chi connectivity index (χ1n) is 10.0. The lowest BCUT2D eigenvalue weighted by atomic mass is 10.0. The fraction of sp³-hybridized carbons (Fsp3) is 0.154. The summed E-state index contributed by atoms with van der Waals surface area (Å²) in [6.07, 6.45) is 0.910. The van der Waals surface area contributed by atoms with E-state index >= 15 is 0 Å². The predicted octanol–water partition coefficient (Wildman–Crippen LogP) is 5.78. The van der Waals surface area contributed by atoms with Gasteiger partial charge in [0.05, 0.1) is 16.2 Å². The summed E-state index contributed by atoms with van der Waals surface area (Å²) in [7, 11) is 0. The number of nitrogens with zero attached hydrogens (tertiary/aromatic N) is 1. The Labute approximate surface area is 181 Å². The molecule has 150 valence electrons. The molecule has 2 amide bonds. The first-order chi connectivity index (χ1) is 14.6. The number of hydrogen-bond acceptors (Lipinski definition) is 3. The van der Waals surface area contributed by atoms with Crippen molar-refractivity contribution in [1.29, 1.82) is 0 Å². The van der Waals surface area contributed by atoms with Gasteiger partial charge in [-0.15, -0.1) is 11.8 Å². The Kier molecular flexibility index (Phi) is 5.86. The number of carbonyl (C=O) groups excluding carboxylic acids is 2. The molecule has 1 aliphatic rings. The minimum absolute atomic E-state index is 0.249. The molecule has 0 saturated carbocycles. The van der Waals surface area contributed by atoms with Gasteiger partial charge in [0.2, 0.25) is 0 Å². The molecule has 3 aromatic carbocycles. The molecule has 3 nitrogen and oxygen atoms in total. The number of hydrogen-bond donors (Lipinski definition) is 0. The van der Waals surface area contributed by atoms with Gasteiger partial charge in [0.15, 0.2) is 0 Å². The maximum Gasteiger partial charge on any atom is 0.272 e. The van der Waals surface area contributed by atoms with Crippen LogP contribution in [0, 0.1) is 6.92 Å². The molecule has 0 unspecified atom stereocenters. The van der Waals surface area contributed by atoms with Crippen molar-refractivity contribution in [1.82, 2.24) is 0 Å². The fourth-order valence-corrected chi connectivity index (χ4v) is 4.53. The summed E-state index contributed by atoms with van der Waals surface area (Å²) in [5.41, 5.74) is 5.28. The topological polar surface area (TPSA) is 37.4 Å². The largest absolute Gasteiger partial charge is 0.272 e. The van der Waals surface area contributed by atoms with Crippen molar-refractivity contribution in [2.24, 2.45) is 0 Å². The van der Waals surface area contributed by atoms with Gasteiger partial charge in [0, 0.05) is 5.75 Å². The second kappa shape index (κ2) is 8.72. The zero-order chi connectivity index (χ0) is 21.1. The van der Waals surface area contributed by atoms with Crippen molar-refractivity contribution in [2.45, 2.75) is 26.0 Å². The van der Waals surface area contributed by atoms with E-state index in [1.165, 1.54) is 22.2 Å². The molecular weight excluding hydrogens is 390 g/mol. The molecule has 0 atom stereocenters. The van der Waals surface area contributed by atoms with Crippen molar-refractivity contribution < 1.29 is 9.59 Å². The molecule has 0 spiro atoms. The summed E-state index contributed by atoms with van der Waals surface area (Å²) >= 11 is 1.43. The highest BCUT2D eigenvalue weighted by molar-refractivity contribution is 8.03. The van der Waals surface area contributed by atoms with E-state index in [1.807, 2.05) is 85.8 Å². The van der Waals surface area contributed by atoms with E-state index in [2.05, 4.69) is 6.92 Å². The Bertz CT molecular complexity index is 1100. The molecule has 3 aromatic rings. The summed E-state index contributed by atoms with van der Waals surface area (Å²) in [6, 6.07) is 25.4. The highest BCUT2D eigenvalue weighted by atomic mass is 32.2. The summed E-state index contributed by atoms with van der Waals surface area (Å²) in [5, 5.41) is 0. The first-order valence-corrected chi connectivity index (χ1v) is 11.0. The van der Waals surface area contributed by atoms with Gasteiger partial charge in [-0.25, -0.2) is 4.90 Å². The van der Waals surface area contributed by atoms with Crippen LogP contribution in [0.3, 0.4) is 0 Å². The zero-order valence-corrected chi connectivity index (χ0v) is 17.9. The Morgan fingerprint density at radius 1 is 0.767 bits per heavy atom. The van der Waals surface area contributed by atoms with Crippen molar-refractivity contribution in [3.63, 3.8) is 0 Å². The molecule has 1 aliphatic heterocycles. The quantitative estimate of drug-likeness (QED) is 0.481. The van der Waals surface area contributed by atoms with E-state index in [1.54, 1.807) is 0 Å². The molecule has 0 aromatic heterocycles. The maximum absolute atomic E-state index is 13.4. The molecule has 30 heavy (non-hydrogen) atoms. The van der Waals surface area contributed by atoms with E-state index in [9.17, 15) is 9.59 Å². The third-order valence-corrected chi connectivity index (χ3v) is 6.36. The van der Waals surface area contributed by atoms with Crippen LogP contribution < -0.4 is 4.90 Å². The van der Waals surface area contributed by atoms with Crippen LogP contribution in [0.1, 0.15) is 29.2 Å². The molecule has 0 radical (unpaired) electrons. The van der Waals surface area contributed by atoms with Crippen molar-refractivity contribution >= 4 is 34.8 Å². The van der Waals surface area contributed by atoms with Crippen LogP contribution in [0.15, 0.2) is 83.8 Å². The predicted molar refractivity (Wildman–Crippen MR) is 124 cm³/mol. The minimum Gasteiger partial charge on any atom is -0.268 e. The monoisotopic (exact) mass is 413 g/mol. The second-order valence-electron chi connectivity index (χ2n) is 7.31. The number of aryl methyl sites for hydroxylation is 2. The van der Waals surface area contributed by atoms with Gasteiger partial charge in [-0.2, -0.15) is 0 Å². The maximum atomic E-state index is 13.4. The number of benzene rings is 3. The van der Waals surface area contributed by atoms with E-state index in [0.29, 0.717) is 21.9 Å². The second-order valence-corrected chi connectivity index (χ2v) is 8.30. The van der Waals surface area contributed by atoms with E-state index < -0.39 is 0 Å². The van der Waals surface area contributed by atoms with Gasteiger partial charge in [0.25, 0.3) is 11.8 Å². The van der Waals surface area contributed by atoms with Crippen molar-refractivity contribution in [2.75, 3.05) is 4.90 Å². The van der Waals surface area contributed by atoms with Crippen LogP contribution in [-0.4, -0.2) is 11.8 Å². The third-order valence-electron chi connectivity index (χ3n) is 5.21. The van der Waals surface area contributed by atoms with Crippen molar-refractivity contribution in [3.05, 3.63) is 106 Å². The average molecular weight is 414 g/mol. The standard InChI is InChI=1S/C26H23NO2S/c1-3-19-11-15-22(16-12-19)27-25(28)23(21-13-9-18(2)10-14-21)24(26(27)29)30-17-20-7-5-4-6-8-20/h4-16H,3,17H2,1-2H3. The third kappa shape index (κ3) is 3.96. The molecule has 0 aliphatic carbocycles. The van der Waals surface area contributed by atoms with Crippen LogP contribution in [0.2, 0.25) is 0 Å². The summed E-state index contributed by atoms with van der Waals surface area (Å²) < 4.78 is 0. The van der Waals surface area contributed by atoms with Gasteiger partial charge >= 0.3 is 0 Å². The van der Waals surface area contributed by atoms with Crippen LogP contribution in [0.25, 0.3) is 5.57 Å². The number of carbonyl (C=O) groups is 2. The number of thioether (sulfide) groups is 1. The minimum atomic E-state index is -0.260. The summed E-state index contributed by atoms with van der Waals surface area (Å²) in [4.78, 5) is 28.6. The van der Waals surface area contributed by atoms with E-state index in [0.717, 1.165) is 23.1 Å². The fourth-order valence-electron chi connectivity index (χ4n) is 3.46. The number of imide groups is 1. The van der Waals surface area contributed by atoms with Gasteiger partial charge in [-0.3, -0.25) is 9.59 Å². The molecule has 0 saturated heterocycles. The summed E-state index contributed by atoms with van der Waals surface area (Å²) in [5.74, 6) is 0.122. The molecule has 4 heteroatoms. The van der Waals surface area contributed by atoms with E-state index in [-0.39, 0.29) is 11.8 Å². The zero-order valence-electron chi connectivity index (χ0n) is 17.1. The Balaban J connectivity index is 1.72. The number of anilines is 1. The van der Waals surface area contributed by atoms with Crippen molar-refractivity contribution in [3.8, 4) is 0 Å². The Morgan fingerprint density at radius 3 is 2.07 bits per heavy atom. The van der Waals surface area contributed by atoms with Crippen LogP contribution in [-0.2, 0) is 21.8 Å². The number of amides is 2. The Hall–Kier alpha value is -3.11. The molecule has 0 bridgehead atoms. The smallest absolute Gasteiger partial charge is 0.268 e. The van der Waals surface area contributed by atoms with Crippen LogP contribution in [0.4, 0.5) is 5.69 Å². The molecule has 0 N–H and O–H groups in total. The van der Waals surface area contributed by atoms with Gasteiger partial charge in [0.1, 0.15) is 0 Å². The molecule has 1 heterocycles. The normalized spacial score (nSPS) is 14.0. The van der Waals surface area contributed by atoms with Crippen LogP contribution >= 0.6 is 11.8 Å². The van der Waals surface area contributed by atoms with Gasteiger partial charge in [-0.1, -0.05) is 79.2 Å². The Morgan fingerprint density at radius 2 is 1.43 bits per heavy atom. The summed E-state index contributed by atoms with van der Waals surface area (Å²) in [6.45, 7) is 4.09. The van der Waals surface area contributed by atoms with Gasteiger partial charge < -0.3 is 0 Å². The average Bonchev–Trinajstić information content (AvgIpc) is 3.03. The lowest BCUT2D eigenvalue weighted by molar-refractivity contribution is -0.119. The lowest BCUT2D eigenvalue weighted by Gasteiger charge is -2.15. The van der Waals surface area contributed by atoms with Crippen LogP contribution in [0.5, 0.6) is 0 Å². The lowest BCUT2D eigenvalue weighted by Crippen LogP contribution is -2.31.